The fraction of sp³-hybridized carbons (Fsp3) is 0.0769. The van der Waals surface area contributed by atoms with Gasteiger partial charge in [0.2, 0.25) is 0 Å². The second kappa shape index (κ2) is 6.28. The van der Waals surface area contributed by atoms with Gasteiger partial charge in [0.25, 0.3) is 0 Å². The summed E-state index contributed by atoms with van der Waals surface area (Å²) >= 11 is 0. The van der Waals surface area contributed by atoms with Crippen molar-refractivity contribution in [2.45, 2.75) is 11.8 Å². The van der Waals surface area contributed by atoms with Crippen LogP contribution in [0.5, 0.6) is 11.5 Å². The van der Waals surface area contributed by atoms with E-state index in [1.807, 2.05) is 24.3 Å². The van der Waals surface area contributed by atoms with Gasteiger partial charge in [0.1, 0.15) is 11.5 Å². The summed E-state index contributed by atoms with van der Waals surface area (Å²) in [6.07, 6.45) is 5.23. The Kier molecular flexibility index (Phi) is 3.73. The molecule has 4 aromatic carbocycles. The molecule has 0 amide bonds. The van der Waals surface area contributed by atoms with E-state index in [1.165, 1.54) is 21.9 Å². The molecule has 4 aromatic rings. The number of allylic oxidation sites excluding steroid dienone is 1. The van der Waals surface area contributed by atoms with E-state index in [9.17, 15) is 10.2 Å². The van der Waals surface area contributed by atoms with Gasteiger partial charge in [-0.3, -0.25) is 0 Å². The van der Waals surface area contributed by atoms with Crippen molar-refractivity contribution in [1.29, 1.82) is 0 Å². The molecule has 0 bridgehead atoms. The highest BCUT2D eigenvalue weighted by Gasteiger charge is 2.38. The summed E-state index contributed by atoms with van der Waals surface area (Å²) in [6, 6.07) is 27.9. The molecule has 0 fully saturated rings. The first kappa shape index (κ1) is 16.6. The van der Waals surface area contributed by atoms with Gasteiger partial charge in [-0.25, -0.2) is 0 Å². The van der Waals surface area contributed by atoms with Gasteiger partial charge in [0, 0.05) is 5.41 Å². The van der Waals surface area contributed by atoms with Crippen molar-refractivity contribution in [3.63, 3.8) is 0 Å². The molecule has 0 atom stereocenters. The topological polar surface area (TPSA) is 40.5 Å². The molecule has 2 nitrogen and oxygen atoms in total. The van der Waals surface area contributed by atoms with Gasteiger partial charge in [-0.15, -0.1) is 0 Å². The third-order valence-corrected chi connectivity index (χ3v) is 5.82. The zero-order valence-corrected chi connectivity index (χ0v) is 15.3. The van der Waals surface area contributed by atoms with Crippen LogP contribution in [0.3, 0.4) is 0 Å². The first-order valence-corrected chi connectivity index (χ1v) is 9.46. The Morgan fingerprint density at radius 1 is 0.643 bits per heavy atom. The molecule has 2 N–H and O–H groups in total. The summed E-state index contributed by atoms with van der Waals surface area (Å²) in [7, 11) is 0. The molecule has 0 unspecified atom stereocenters. The second-order valence-electron chi connectivity index (χ2n) is 7.39. The molecule has 28 heavy (non-hydrogen) atoms. The molecule has 1 aliphatic carbocycles. The van der Waals surface area contributed by atoms with Crippen molar-refractivity contribution < 1.29 is 10.2 Å². The number of rotatable bonds is 2. The van der Waals surface area contributed by atoms with Crippen molar-refractivity contribution in [3.05, 3.63) is 113 Å². The van der Waals surface area contributed by atoms with Crippen LogP contribution >= 0.6 is 0 Å². The minimum atomic E-state index is -0.379. The van der Waals surface area contributed by atoms with E-state index in [0.29, 0.717) is 0 Å². The molecule has 0 heterocycles. The van der Waals surface area contributed by atoms with Crippen LogP contribution in [-0.2, 0) is 5.41 Å². The van der Waals surface area contributed by atoms with Crippen molar-refractivity contribution in [1.82, 2.24) is 0 Å². The summed E-state index contributed by atoms with van der Waals surface area (Å²) in [5, 5.41) is 22.1. The van der Waals surface area contributed by atoms with E-state index in [1.54, 1.807) is 24.3 Å². The van der Waals surface area contributed by atoms with Gasteiger partial charge in [-0.05, 0) is 75.8 Å². The maximum Gasteiger partial charge on any atom is 0.115 e. The van der Waals surface area contributed by atoms with E-state index in [4.69, 9.17) is 0 Å². The quantitative estimate of drug-likeness (QED) is 0.458. The van der Waals surface area contributed by atoms with Crippen molar-refractivity contribution in [2.24, 2.45) is 0 Å². The van der Waals surface area contributed by atoms with Crippen LogP contribution in [0.15, 0.2) is 91.0 Å². The van der Waals surface area contributed by atoms with E-state index in [2.05, 4.69) is 48.6 Å². The largest absolute Gasteiger partial charge is 0.508 e. The van der Waals surface area contributed by atoms with Crippen LogP contribution in [0.4, 0.5) is 0 Å². The Hall–Kier alpha value is -3.52. The average Bonchev–Trinajstić information content (AvgIpc) is 2.73. The summed E-state index contributed by atoms with van der Waals surface area (Å²) in [6.45, 7) is 0. The molecule has 136 valence electrons. The Balaban J connectivity index is 1.85. The predicted molar refractivity (Wildman–Crippen MR) is 114 cm³/mol. The monoisotopic (exact) mass is 364 g/mol. The lowest BCUT2D eigenvalue weighted by Crippen LogP contribution is -2.31. The molecule has 0 saturated heterocycles. The standard InChI is InChI=1S/C26H20O2/c27-23-11-7-21(8-12-23)26(22-9-13-24(28)14-10-22)15-3-6-20-16-18-4-1-2-5-19(18)17-25(20)26/h1-14,16-17,27-28H,15H2. The Bertz CT molecular complexity index is 1140. The van der Waals surface area contributed by atoms with Gasteiger partial charge >= 0.3 is 0 Å². The van der Waals surface area contributed by atoms with Gasteiger partial charge in [-0.2, -0.15) is 0 Å². The van der Waals surface area contributed by atoms with Crippen LogP contribution in [0.1, 0.15) is 28.7 Å². The highest BCUT2D eigenvalue weighted by molar-refractivity contribution is 5.88. The first-order valence-electron chi connectivity index (χ1n) is 9.46. The van der Waals surface area contributed by atoms with Gasteiger partial charge in [-0.1, -0.05) is 60.7 Å². The molecule has 0 saturated carbocycles. The molecule has 0 radical (unpaired) electrons. The second-order valence-corrected chi connectivity index (χ2v) is 7.39. The van der Waals surface area contributed by atoms with Gasteiger partial charge < -0.3 is 10.2 Å². The summed E-state index contributed by atoms with van der Waals surface area (Å²) < 4.78 is 0. The Morgan fingerprint density at radius 3 is 1.75 bits per heavy atom. The Morgan fingerprint density at radius 2 is 1.18 bits per heavy atom. The van der Waals surface area contributed by atoms with Crippen molar-refractivity contribution in [2.75, 3.05) is 0 Å². The smallest absolute Gasteiger partial charge is 0.115 e. The zero-order valence-electron chi connectivity index (χ0n) is 15.3. The third kappa shape index (κ3) is 2.49. The molecule has 1 aliphatic rings. The predicted octanol–water partition coefficient (Wildman–Crippen LogP) is 6.00. The fourth-order valence-corrected chi connectivity index (χ4v) is 4.44. The molecule has 2 heteroatoms. The SMILES string of the molecule is Oc1ccc(C2(c3ccc(O)cc3)CC=Cc3cc4ccccc4cc32)cc1. The highest BCUT2D eigenvalue weighted by Crippen LogP contribution is 2.48. The highest BCUT2D eigenvalue weighted by atomic mass is 16.3. The fourth-order valence-electron chi connectivity index (χ4n) is 4.44. The number of phenolic OH excluding ortho intramolecular Hbond substituents is 2. The minimum absolute atomic E-state index is 0.259. The number of benzene rings is 4. The number of fused-ring (bicyclic) bond motifs is 2. The summed E-state index contributed by atoms with van der Waals surface area (Å²) in [4.78, 5) is 0. The number of hydrogen-bond acceptors (Lipinski definition) is 2. The maximum atomic E-state index is 9.84. The normalized spacial score (nSPS) is 14.7. The van der Waals surface area contributed by atoms with Crippen molar-refractivity contribution in [3.8, 4) is 11.5 Å². The van der Waals surface area contributed by atoms with Crippen LogP contribution in [0.2, 0.25) is 0 Å². The van der Waals surface area contributed by atoms with E-state index in [0.717, 1.165) is 17.5 Å². The number of hydrogen-bond donors (Lipinski definition) is 2. The lowest BCUT2D eigenvalue weighted by Gasteiger charge is -2.38. The van der Waals surface area contributed by atoms with Crippen LogP contribution in [0, 0.1) is 0 Å². The number of phenols is 2. The summed E-state index contributed by atoms with van der Waals surface area (Å²) in [5.41, 5.74) is 4.31. The minimum Gasteiger partial charge on any atom is -0.508 e. The first-order chi connectivity index (χ1) is 13.7. The lowest BCUT2D eigenvalue weighted by molar-refractivity contribution is 0.474. The van der Waals surface area contributed by atoms with E-state index >= 15 is 0 Å². The maximum absolute atomic E-state index is 9.84. The molecule has 0 aliphatic heterocycles. The molecular formula is C26H20O2. The summed E-state index contributed by atoms with van der Waals surface area (Å²) in [5.74, 6) is 0.518. The molecule has 0 aromatic heterocycles. The third-order valence-electron chi connectivity index (χ3n) is 5.82. The van der Waals surface area contributed by atoms with Gasteiger partial charge in [0.15, 0.2) is 0 Å². The van der Waals surface area contributed by atoms with Gasteiger partial charge in [0.05, 0.1) is 0 Å². The lowest BCUT2D eigenvalue weighted by atomic mass is 9.64. The van der Waals surface area contributed by atoms with Crippen LogP contribution < -0.4 is 0 Å². The Labute approximate surface area is 164 Å². The number of aromatic hydroxyl groups is 2. The zero-order chi connectivity index (χ0) is 19.1. The van der Waals surface area contributed by atoms with E-state index < -0.39 is 0 Å². The molecule has 5 rings (SSSR count). The van der Waals surface area contributed by atoms with Crippen LogP contribution in [-0.4, -0.2) is 10.2 Å². The van der Waals surface area contributed by atoms with E-state index in [-0.39, 0.29) is 16.9 Å². The molecular weight excluding hydrogens is 344 g/mol. The van der Waals surface area contributed by atoms with Crippen molar-refractivity contribution >= 4 is 16.8 Å². The molecule has 0 spiro atoms. The van der Waals surface area contributed by atoms with Crippen LogP contribution in [0.25, 0.3) is 16.8 Å². The average molecular weight is 364 g/mol.